The summed E-state index contributed by atoms with van der Waals surface area (Å²) < 4.78 is 10.5. The monoisotopic (exact) mass is 526 g/mol. The fourth-order valence-electron chi connectivity index (χ4n) is 2.74. The fraction of sp³-hybridized carbons (Fsp3) is 0.364. The third-order valence-electron chi connectivity index (χ3n) is 4.24. The number of hydrogen-bond donors (Lipinski definition) is 3. The van der Waals surface area contributed by atoms with Gasteiger partial charge >= 0.3 is 0 Å². The molecule has 2 rings (SSSR count). The van der Waals surface area contributed by atoms with Crippen molar-refractivity contribution in [1.29, 1.82) is 0 Å². The van der Waals surface area contributed by atoms with Crippen molar-refractivity contribution in [2.24, 2.45) is 4.99 Å². The maximum Gasteiger partial charge on any atom is 0.251 e. The molecule has 8 heteroatoms. The van der Waals surface area contributed by atoms with Crippen molar-refractivity contribution < 1.29 is 14.3 Å². The van der Waals surface area contributed by atoms with Gasteiger partial charge in [0.2, 0.25) is 0 Å². The number of amides is 1. The van der Waals surface area contributed by atoms with Gasteiger partial charge in [-0.1, -0.05) is 18.2 Å². The topological polar surface area (TPSA) is 84.0 Å². The van der Waals surface area contributed by atoms with E-state index >= 15 is 0 Å². The number of rotatable bonds is 10. The van der Waals surface area contributed by atoms with Gasteiger partial charge in [0, 0.05) is 31.7 Å². The SMILES string of the molecule is CCNC(=NCCc1ccccc1OC)NCCNC(=O)c1ccc(OC)cc1.I. The molecule has 0 aliphatic heterocycles. The molecule has 2 aromatic carbocycles. The quantitative estimate of drug-likeness (QED) is 0.192. The van der Waals surface area contributed by atoms with Crippen molar-refractivity contribution in [3.05, 3.63) is 59.7 Å². The first-order valence-corrected chi connectivity index (χ1v) is 9.74. The molecule has 0 saturated carbocycles. The number of nitrogens with one attached hydrogen (secondary N) is 3. The van der Waals surface area contributed by atoms with Crippen molar-refractivity contribution >= 4 is 35.8 Å². The number of guanidine groups is 1. The Hall–Kier alpha value is -2.49. The molecule has 0 saturated heterocycles. The van der Waals surface area contributed by atoms with Gasteiger partial charge in [-0.05, 0) is 49.2 Å². The van der Waals surface area contributed by atoms with Gasteiger partial charge in [0.05, 0.1) is 14.2 Å². The summed E-state index contributed by atoms with van der Waals surface area (Å²) in [5.41, 5.74) is 1.73. The van der Waals surface area contributed by atoms with Crippen LogP contribution in [0.2, 0.25) is 0 Å². The van der Waals surface area contributed by atoms with Gasteiger partial charge in [0.15, 0.2) is 5.96 Å². The first kappa shape index (κ1) is 25.5. The van der Waals surface area contributed by atoms with E-state index in [1.807, 2.05) is 31.2 Å². The van der Waals surface area contributed by atoms with Crippen LogP contribution < -0.4 is 25.4 Å². The van der Waals surface area contributed by atoms with E-state index in [9.17, 15) is 4.79 Å². The second-order valence-corrected chi connectivity index (χ2v) is 6.23. The molecule has 164 valence electrons. The number of hydrogen-bond acceptors (Lipinski definition) is 4. The van der Waals surface area contributed by atoms with E-state index < -0.39 is 0 Å². The second-order valence-electron chi connectivity index (χ2n) is 6.23. The zero-order valence-corrected chi connectivity index (χ0v) is 20.1. The van der Waals surface area contributed by atoms with Crippen molar-refractivity contribution in [2.75, 3.05) is 40.4 Å². The summed E-state index contributed by atoms with van der Waals surface area (Å²) in [6.07, 6.45) is 0.787. The predicted molar refractivity (Wildman–Crippen MR) is 131 cm³/mol. The van der Waals surface area contributed by atoms with Crippen LogP contribution in [-0.2, 0) is 6.42 Å². The summed E-state index contributed by atoms with van der Waals surface area (Å²) in [5.74, 6) is 2.21. The number of halogens is 1. The molecule has 1 amide bonds. The Morgan fingerprint density at radius 3 is 2.30 bits per heavy atom. The summed E-state index contributed by atoms with van der Waals surface area (Å²) in [5, 5.41) is 9.33. The minimum absolute atomic E-state index is 0. The molecule has 0 spiro atoms. The Morgan fingerprint density at radius 2 is 1.63 bits per heavy atom. The van der Waals surface area contributed by atoms with Gasteiger partial charge in [0.25, 0.3) is 5.91 Å². The van der Waals surface area contributed by atoms with Gasteiger partial charge in [0.1, 0.15) is 11.5 Å². The van der Waals surface area contributed by atoms with Crippen LogP contribution in [0, 0.1) is 0 Å². The lowest BCUT2D eigenvalue weighted by Gasteiger charge is -2.12. The highest BCUT2D eigenvalue weighted by Gasteiger charge is 2.05. The molecular formula is C22H31IN4O3. The van der Waals surface area contributed by atoms with Crippen LogP contribution >= 0.6 is 24.0 Å². The average Bonchev–Trinajstić information content (AvgIpc) is 2.76. The van der Waals surface area contributed by atoms with E-state index in [4.69, 9.17) is 9.47 Å². The molecule has 0 aliphatic rings. The number of ether oxygens (including phenoxy) is 2. The Morgan fingerprint density at radius 1 is 0.933 bits per heavy atom. The van der Waals surface area contributed by atoms with Crippen LogP contribution in [-0.4, -0.2) is 52.3 Å². The molecule has 0 heterocycles. The molecule has 0 bridgehead atoms. The molecule has 0 radical (unpaired) electrons. The van der Waals surface area contributed by atoms with Crippen molar-refractivity contribution in [1.82, 2.24) is 16.0 Å². The molecule has 3 N–H and O–H groups in total. The number of methoxy groups -OCH3 is 2. The smallest absolute Gasteiger partial charge is 0.251 e. The summed E-state index contributed by atoms with van der Waals surface area (Å²) in [6, 6.07) is 15.0. The zero-order chi connectivity index (χ0) is 20.9. The van der Waals surface area contributed by atoms with Crippen molar-refractivity contribution in [3.8, 4) is 11.5 Å². The summed E-state index contributed by atoms with van der Waals surface area (Å²) in [4.78, 5) is 16.8. The number of benzene rings is 2. The highest BCUT2D eigenvalue weighted by atomic mass is 127. The molecule has 0 fully saturated rings. The highest BCUT2D eigenvalue weighted by Crippen LogP contribution is 2.17. The van der Waals surface area contributed by atoms with Crippen LogP contribution in [0.15, 0.2) is 53.5 Å². The maximum atomic E-state index is 12.2. The van der Waals surface area contributed by atoms with E-state index in [1.165, 1.54) is 0 Å². The second kappa shape index (κ2) is 14.5. The van der Waals surface area contributed by atoms with Gasteiger partial charge in [-0.25, -0.2) is 0 Å². The Bertz CT molecular complexity index is 797. The van der Waals surface area contributed by atoms with Gasteiger partial charge in [-0.3, -0.25) is 9.79 Å². The molecule has 0 aromatic heterocycles. The Labute approximate surface area is 195 Å². The highest BCUT2D eigenvalue weighted by molar-refractivity contribution is 14.0. The summed E-state index contributed by atoms with van der Waals surface area (Å²) in [7, 11) is 3.27. The molecule has 0 atom stereocenters. The standard InChI is InChI=1S/C22H30N4O3.HI/c1-4-23-22(25-14-13-17-7-5-6-8-20(17)29-3)26-16-15-24-21(27)18-9-11-19(28-2)12-10-18;/h5-12H,4,13-16H2,1-3H3,(H,24,27)(H2,23,25,26);1H. The van der Waals surface area contributed by atoms with Crippen LogP contribution in [0.4, 0.5) is 0 Å². The predicted octanol–water partition coefficient (Wildman–Crippen LogP) is 2.85. The molecule has 0 unspecified atom stereocenters. The van der Waals surface area contributed by atoms with Gasteiger partial charge in [-0.2, -0.15) is 0 Å². The van der Waals surface area contributed by atoms with E-state index in [-0.39, 0.29) is 29.9 Å². The third-order valence-corrected chi connectivity index (χ3v) is 4.24. The minimum Gasteiger partial charge on any atom is -0.497 e. The molecule has 30 heavy (non-hydrogen) atoms. The van der Waals surface area contributed by atoms with E-state index in [2.05, 4.69) is 20.9 Å². The third kappa shape index (κ3) is 8.48. The van der Waals surface area contributed by atoms with Crippen LogP contribution in [0.3, 0.4) is 0 Å². The zero-order valence-electron chi connectivity index (χ0n) is 17.7. The van der Waals surface area contributed by atoms with E-state index in [0.717, 1.165) is 36.0 Å². The van der Waals surface area contributed by atoms with E-state index in [1.54, 1.807) is 38.5 Å². The lowest BCUT2D eigenvalue weighted by molar-refractivity contribution is 0.0954. The minimum atomic E-state index is -0.118. The van der Waals surface area contributed by atoms with Crippen molar-refractivity contribution in [3.63, 3.8) is 0 Å². The molecule has 0 aliphatic carbocycles. The number of carbonyl (C=O) groups excluding carboxylic acids is 1. The normalized spacial score (nSPS) is 10.6. The van der Waals surface area contributed by atoms with Crippen molar-refractivity contribution in [2.45, 2.75) is 13.3 Å². The Kier molecular flexibility index (Phi) is 12.3. The number of nitrogens with zero attached hydrogens (tertiary/aromatic N) is 1. The van der Waals surface area contributed by atoms with Gasteiger partial charge in [-0.15, -0.1) is 24.0 Å². The van der Waals surface area contributed by atoms with Crippen LogP contribution in [0.1, 0.15) is 22.8 Å². The van der Waals surface area contributed by atoms with Gasteiger partial charge < -0.3 is 25.4 Å². The average molecular weight is 526 g/mol. The summed E-state index contributed by atoms with van der Waals surface area (Å²) in [6.45, 7) is 4.47. The Balaban J connectivity index is 0.00000450. The molecule has 7 nitrogen and oxygen atoms in total. The number of carbonyl (C=O) groups is 1. The number of aliphatic imine (C=N–C) groups is 1. The maximum absolute atomic E-state index is 12.2. The lowest BCUT2D eigenvalue weighted by Crippen LogP contribution is -2.41. The van der Waals surface area contributed by atoms with Crippen LogP contribution in [0.5, 0.6) is 11.5 Å². The van der Waals surface area contributed by atoms with Crippen LogP contribution in [0.25, 0.3) is 0 Å². The number of para-hydroxylation sites is 1. The lowest BCUT2D eigenvalue weighted by atomic mass is 10.1. The first-order chi connectivity index (χ1) is 14.2. The first-order valence-electron chi connectivity index (χ1n) is 9.74. The fourth-order valence-corrected chi connectivity index (χ4v) is 2.74. The largest absolute Gasteiger partial charge is 0.497 e. The van der Waals surface area contributed by atoms with E-state index in [0.29, 0.717) is 25.2 Å². The molecule has 2 aromatic rings. The molecular weight excluding hydrogens is 495 g/mol. The summed E-state index contributed by atoms with van der Waals surface area (Å²) >= 11 is 0.